The fourth-order valence-electron chi connectivity index (χ4n) is 3.38. The molecule has 0 saturated heterocycles. The molecular weight excluding hydrogens is 316 g/mol. The summed E-state index contributed by atoms with van der Waals surface area (Å²) in [6, 6.07) is 12.4. The molecule has 25 heavy (non-hydrogen) atoms. The molecule has 1 aliphatic heterocycles. The molecule has 5 nitrogen and oxygen atoms in total. The lowest BCUT2D eigenvalue weighted by Gasteiger charge is -2.35. The number of fused-ring (bicyclic) bond motifs is 1. The van der Waals surface area contributed by atoms with Crippen molar-refractivity contribution in [3.8, 4) is 0 Å². The van der Waals surface area contributed by atoms with Crippen LogP contribution in [0.4, 0.5) is 0 Å². The van der Waals surface area contributed by atoms with E-state index < -0.39 is 0 Å². The normalized spacial score (nSPS) is 15.6. The number of hydrogen-bond acceptors (Lipinski definition) is 4. The van der Waals surface area contributed by atoms with Gasteiger partial charge in [-0.15, -0.1) is 0 Å². The van der Waals surface area contributed by atoms with Crippen LogP contribution in [-0.2, 0) is 24.3 Å². The number of ether oxygens (including phenoxy) is 1. The van der Waals surface area contributed by atoms with Gasteiger partial charge in [0.15, 0.2) is 5.76 Å². The highest BCUT2D eigenvalue weighted by atomic mass is 16.5. The average Bonchev–Trinajstić information content (AvgIpc) is 3.11. The van der Waals surface area contributed by atoms with Crippen molar-refractivity contribution < 1.29 is 13.9 Å². The Morgan fingerprint density at radius 1 is 1.28 bits per heavy atom. The lowest BCUT2D eigenvalue weighted by molar-refractivity contribution is 0.0890. The number of nitrogens with zero attached hydrogens (tertiary/aromatic N) is 1. The van der Waals surface area contributed by atoms with Crippen LogP contribution in [-0.4, -0.2) is 37.0 Å². The molecule has 1 unspecified atom stereocenters. The molecule has 1 amide bonds. The number of methoxy groups -OCH3 is 1. The second kappa shape index (κ2) is 8.32. The van der Waals surface area contributed by atoms with Crippen LogP contribution in [0.1, 0.15) is 40.8 Å². The summed E-state index contributed by atoms with van der Waals surface area (Å²) >= 11 is 0. The highest BCUT2D eigenvalue weighted by Gasteiger charge is 2.23. The van der Waals surface area contributed by atoms with Crippen molar-refractivity contribution in [3.63, 3.8) is 0 Å². The molecule has 134 valence electrons. The molecule has 1 aromatic heterocycles. The average molecular weight is 342 g/mol. The molecule has 0 bridgehead atoms. The van der Waals surface area contributed by atoms with Crippen LogP contribution in [0.3, 0.4) is 0 Å². The summed E-state index contributed by atoms with van der Waals surface area (Å²) in [7, 11) is 1.60. The van der Waals surface area contributed by atoms with Gasteiger partial charge in [-0.1, -0.05) is 31.2 Å². The van der Waals surface area contributed by atoms with E-state index in [1.807, 2.05) is 0 Å². The molecule has 5 heteroatoms. The predicted molar refractivity (Wildman–Crippen MR) is 96.4 cm³/mol. The number of carbonyl (C=O) groups is 1. The van der Waals surface area contributed by atoms with Gasteiger partial charge >= 0.3 is 0 Å². The van der Waals surface area contributed by atoms with Crippen LogP contribution in [0.2, 0.25) is 0 Å². The van der Waals surface area contributed by atoms with Crippen molar-refractivity contribution in [3.05, 3.63) is 59.0 Å². The Bertz CT molecular complexity index is 710. The van der Waals surface area contributed by atoms with Gasteiger partial charge in [-0.25, -0.2) is 0 Å². The Morgan fingerprint density at radius 3 is 2.84 bits per heavy atom. The summed E-state index contributed by atoms with van der Waals surface area (Å²) in [5.41, 5.74) is 2.84. The van der Waals surface area contributed by atoms with Gasteiger partial charge in [-0.3, -0.25) is 9.69 Å². The fraction of sp³-hybridized carbons (Fsp3) is 0.450. The van der Waals surface area contributed by atoms with Crippen molar-refractivity contribution >= 4 is 5.91 Å². The zero-order valence-electron chi connectivity index (χ0n) is 15.0. The van der Waals surface area contributed by atoms with E-state index in [0.717, 1.165) is 25.9 Å². The molecule has 1 aliphatic rings. The van der Waals surface area contributed by atoms with E-state index in [1.165, 1.54) is 11.1 Å². The fourth-order valence-corrected chi connectivity index (χ4v) is 3.38. The molecule has 0 aliphatic carbocycles. The minimum absolute atomic E-state index is 0.168. The van der Waals surface area contributed by atoms with Gasteiger partial charge in [0.2, 0.25) is 0 Å². The largest absolute Gasteiger partial charge is 0.453 e. The van der Waals surface area contributed by atoms with Crippen molar-refractivity contribution in [2.45, 2.75) is 39.0 Å². The van der Waals surface area contributed by atoms with Crippen LogP contribution in [0, 0.1) is 0 Å². The molecule has 3 rings (SSSR count). The maximum atomic E-state index is 12.3. The number of rotatable bonds is 7. The first-order valence-electron chi connectivity index (χ1n) is 8.88. The zero-order valence-corrected chi connectivity index (χ0v) is 15.0. The van der Waals surface area contributed by atoms with E-state index in [9.17, 15) is 4.79 Å². The molecule has 1 N–H and O–H groups in total. The van der Waals surface area contributed by atoms with E-state index in [0.29, 0.717) is 30.7 Å². The number of benzene rings is 1. The van der Waals surface area contributed by atoms with Crippen LogP contribution in [0.5, 0.6) is 0 Å². The predicted octanol–water partition coefficient (Wildman–Crippen LogP) is 2.99. The number of hydrogen-bond donors (Lipinski definition) is 1. The Morgan fingerprint density at radius 2 is 2.08 bits per heavy atom. The maximum absolute atomic E-state index is 12.3. The van der Waals surface area contributed by atoms with Gasteiger partial charge in [0.05, 0.1) is 0 Å². The van der Waals surface area contributed by atoms with Crippen LogP contribution < -0.4 is 5.32 Å². The highest BCUT2D eigenvalue weighted by Crippen LogP contribution is 2.21. The zero-order chi connectivity index (χ0) is 17.6. The first-order valence-corrected chi connectivity index (χ1v) is 8.88. The lowest BCUT2D eigenvalue weighted by atomic mass is 9.98. The first-order chi connectivity index (χ1) is 12.2. The first kappa shape index (κ1) is 17.7. The number of amides is 1. The number of nitrogens with one attached hydrogen (secondary N) is 1. The minimum atomic E-state index is -0.168. The third-order valence-electron chi connectivity index (χ3n) is 4.82. The Balaban J connectivity index is 1.56. The molecule has 1 aromatic carbocycles. The molecule has 0 spiro atoms. The molecule has 0 saturated carbocycles. The molecule has 2 heterocycles. The summed E-state index contributed by atoms with van der Waals surface area (Å²) in [5, 5.41) is 3.01. The van der Waals surface area contributed by atoms with Crippen LogP contribution in [0.15, 0.2) is 40.8 Å². The second-order valence-electron chi connectivity index (χ2n) is 6.46. The standard InChI is InChI=1S/C20H26N2O3/c1-3-17(22-11-10-15-6-4-5-7-16(15)13-22)12-21-20(23)19-9-8-18(25-19)14-24-2/h4-9,17H,3,10-14H2,1-2H3,(H,21,23). The summed E-state index contributed by atoms with van der Waals surface area (Å²) in [5.74, 6) is 0.830. The van der Waals surface area contributed by atoms with Gasteiger partial charge in [-0.05, 0) is 36.1 Å². The SMILES string of the molecule is CCC(CNC(=O)c1ccc(COC)o1)N1CCc2ccccc2C1. The molecule has 1 atom stereocenters. The molecule has 0 radical (unpaired) electrons. The number of carbonyl (C=O) groups excluding carboxylic acids is 1. The van der Waals surface area contributed by atoms with Crippen LogP contribution >= 0.6 is 0 Å². The van der Waals surface area contributed by atoms with Gasteiger partial charge < -0.3 is 14.5 Å². The van der Waals surface area contributed by atoms with Crippen molar-refractivity contribution in [2.75, 3.05) is 20.2 Å². The summed E-state index contributed by atoms with van der Waals surface area (Å²) in [6.45, 7) is 5.14. The van der Waals surface area contributed by atoms with Crippen molar-refractivity contribution in [2.24, 2.45) is 0 Å². The third-order valence-corrected chi connectivity index (χ3v) is 4.82. The lowest BCUT2D eigenvalue weighted by Crippen LogP contribution is -2.45. The van der Waals surface area contributed by atoms with E-state index in [1.54, 1.807) is 19.2 Å². The van der Waals surface area contributed by atoms with Gasteiger partial charge in [0, 0.05) is 32.8 Å². The summed E-state index contributed by atoms with van der Waals surface area (Å²) in [6.07, 6.45) is 2.06. The second-order valence-corrected chi connectivity index (χ2v) is 6.46. The van der Waals surface area contributed by atoms with Crippen molar-refractivity contribution in [1.82, 2.24) is 10.2 Å². The Hall–Kier alpha value is -2.11. The Labute approximate surface area is 149 Å². The topological polar surface area (TPSA) is 54.7 Å². The minimum Gasteiger partial charge on any atom is -0.453 e. The van der Waals surface area contributed by atoms with E-state index in [-0.39, 0.29) is 5.91 Å². The molecule has 0 fully saturated rings. The van der Waals surface area contributed by atoms with Gasteiger partial charge in [-0.2, -0.15) is 0 Å². The Kier molecular flexibility index (Phi) is 5.89. The van der Waals surface area contributed by atoms with Crippen molar-refractivity contribution in [1.29, 1.82) is 0 Å². The van der Waals surface area contributed by atoms with Gasteiger partial charge in [0.25, 0.3) is 5.91 Å². The molecular formula is C20H26N2O3. The summed E-state index contributed by atoms with van der Waals surface area (Å²) in [4.78, 5) is 14.8. The van der Waals surface area contributed by atoms with E-state index >= 15 is 0 Å². The highest BCUT2D eigenvalue weighted by molar-refractivity contribution is 5.91. The monoisotopic (exact) mass is 342 g/mol. The smallest absolute Gasteiger partial charge is 0.287 e. The quantitative estimate of drug-likeness (QED) is 0.840. The molecule has 2 aromatic rings. The third kappa shape index (κ3) is 4.30. The van der Waals surface area contributed by atoms with Gasteiger partial charge in [0.1, 0.15) is 12.4 Å². The van der Waals surface area contributed by atoms with Crippen LogP contribution in [0.25, 0.3) is 0 Å². The maximum Gasteiger partial charge on any atom is 0.287 e. The summed E-state index contributed by atoms with van der Waals surface area (Å²) < 4.78 is 10.5. The van der Waals surface area contributed by atoms with E-state index in [4.69, 9.17) is 9.15 Å². The number of furan rings is 1. The van der Waals surface area contributed by atoms with E-state index in [2.05, 4.69) is 41.4 Å².